The number of unbranched alkanes of at least 4 members (excludes halogenated alkanes) is 5. The molecule has 1 unspecified atom stereocenters. The summed E-state index contributed by atoms with van der Waals surface area (Å²) >= 11 is 0. The van der Waals surface area contributed by atoms with Crippen LogP contribution in [0.1, 0.15) is 104 Å². The molecule has 0 N–H and O–H groups in total. The van der Waals surface area contributed by atoms with Crippen LogP contribution in [-0.2, 0) is 4.74 Å². The van der Waals surface area contributed by atoms with Gasteiger partial charge >= 0.3 is 0 Å². The molecule has 0 heterocycles. The molecule has 1 atom stereocenters. The van der Waals surface area contributed by atoms with Gasteiger partial charge in [-0.1, -0.05) is 78.1 Å². The molecular formula is C19H38O. The van der Waals surface area contributed by atoms with Crippen LogP contribution in [0.15, 0.2) is 0 Å². The van der Waals surface area contributed by atoms with Crippen molar-refractivity contribution in [3.05, 3.63) is 0 Å². The topological polar surface area (TPSA) is 9.23 Å². The second-order valence-electron chi connectivity index (χ2n) is 6.80. The number of hydrogen-bond acceptors (Lipinski definition) is 1. The van der Waals surface area contributed by atoms with Crippen molar-refractivity contribution in [2.24, 2.45) is 5.92 Å². The summed E-state index contributed by atoms with van der Waals surface area (Å²) in [5.41, 5.74) is 0. The Kier molecular flexibility index (Phi) is 11.4. The van der Waals surface area contributed by atoms with Crippen LogP contribution in [0.5, 0.6) is 0 Å². The first-order valence-electron chi connectivity index (χ1n) is 9.48. The van der Waals surface area contributed by atoms with E-state index in [1.807, 2.05) is 0 Å². The van der Waals surface area contributed by atoms with E-state index in [1.165, 1.54) is 89.9 Å². The Morgan fingerprint density at radius 3 is 2.20 bits per heavy atom. The molecule has 0 spiro atoms. The Labute approximate surface area is 127 Å². The van der Waals surface area contributed by atoms with Crippen molar-refractivity contribution in [1.29, 1.82) is 0 Å². The quantitative estimate of drug-likeness (QED) is 0.371. The molecule has 1 rings (SSSR count). The molecular weight excluding hydrogens is 244 g/mol. The molecule has 20 heavy (non-hydrogen) atoms. The Morgan fingerprint density at radius 2 is 1.50 bits per heavy atom. The fourth-order valence-corrected chi connectivity index (χ4v) is 3.41. The lowest BCUT2D eigenvalue weighted by Crippen LogP contribution is -2.20. The lowest BCUT2D eigenvalue weighted by Gasteiger charge is -2.25. The maximum absolute atomic E-state index is 6.25. The SMILES string of the molecule is CCCCCCCCC(CCC)OCC1CCCCC1. The van der Waals surface area contributed by atoms with Crippen molar-refractivity contribution in [2.45, 2.75) is 110 Å². The Balaban J connectivity index is 2.05. The summed E-state index contributed by atoms with van der Waals surface area (Å²) in [7, 11) is 0. The summed E-state index contributed by atoms with van der Waals surface area (Å²) in [4.78, 5) is 0. The van der Waals surface area contributed by atoms with Crippen molar-refractivity contribution in [3.63, 3.8) is 0 Å². The third-order valence-electron chi connectivity index (χ3n) is 4.78. The fourth-order valence-electron chi connectivity index (χ4n) is 3.41. The fraction of sp³-hybridized carbons (Fsp3) is 1.00. The van der Waals surface area contributed by atoms with Crippen molar-refractivity contribution >= 4 is 0 Å². The number of ether oxygens (including phenoxy) is 1. The van der Waals surface area contributed by atoms with Gasteiger partial charge in [0.1, 0.15) is 0 Å². The maximum atomic E-state index is 6.25. The van der Waals surface area contributed by atoms with Gasteiger partial charge in [-0.05, 0) is 31.6 Å². The molecule has 0 aliphatic heterocycles. The standard InChI is InChI=1S/C19H38O/c1-3-5-6-7-8-12-16-19(13-4-2)20-17-18-14-10-9-11-15-18/h18-19H,3-17H2,1-2H3. The van der Waals surface area contributed by atoms with Gasteiger partial charge in [0.2, 0.25) is 0 Å². The smallest absolute Gasteiger partial charge is 0.0575 e. The van der Waals surface area contributed by atoms with Crippen LogP contribution in [0.2, 0.25) is 0 Å². The molecule has 0 aromatic rings. The highest BCUT2D eigenvalue weighted by atomic mass is 16.5. The van der Waals surface area contributed by atoms with Gasteiger partial charge in [-0.3, -0.25) is 0 Å². The third-order valence-corrected chi connectivity index (χ3v) is 4.78. The highest BCUT2D eigenvalue weighted by molar-refractivity contribution is 4.67. The summed E-state index contributed by atoms with van der Waals surface area (Å²) in [6, 6.07) is 0. The monoisotopic (exact) mass is 282 g/mol. The van der Waals surface area contributed by atoms with E-state index in [2.05, 4.69) is 13.8 Å². The highest BCUT2D eigenvalue weighted by Gasteiger charge is 2.16. The predicted molar refractivity (Wildman–Crippen MR) is 89.2 cm³/mol. The minimum Gasteiger partial charge on any atom is -0.378 e. The van der Waals surface area contributed by atoms with E-state index in [9.17, 15) is 0 Å². The van der Waals surface area contributed by atoms with Crippen molar-refractivity contribution < 1.29 is 4.74 Å². The van der Waals surface area contributed by atoms with E-state index in [-0.39, 0.29) is 0 Å². The molecule has 1 aliphatic rings. The summed E-state index contributed by atoms with van der Waals surface area (Å²) in [6.45, 7) is 5.62. The molecule has 0 bridgehead atoms. The third kappa shape index (κ3) is 9.00. The maximum Gasteiger partial charge on any atom is 0.0575 e. The molecule has 1 fully saturated rings. The van der Waals surface area contributed by atoms with Crippen molar-refractivity contribution in [2.75, 3.05) is 6.61 Å². The second kappa shape index (κ2) is 12.7. The zero-order chi connectivity index (χ0) is 14.5. The average molecular weight is 283 g/mol. The van der Waals surface area contributed by atoms with E-state index in [0.717, 1.165) is 12.5 Å². The van der Waals surface area contributed by atoms with Gasteiger partial charge in [0.25, 0.3) is 0 Å². The van der Waals surface area contributed by atoms with Gasteiger partial charge in [0.05, 0.1) is 6.10 Å². The molecule has 0 saturated heterocycles. The molecule has 0 amide bonds. The van der Waals surface area contributed by atoms with E-state index in [4.69, 9.17) is 4.74 Å². The Morgan fingerprint density at radius 1 is 0.800 bits per heavy atom. The van der Waals surface area contributed by atoms with Crippen LogP contribution in [0.25, 0.3) is 0 Å². The van der Waals surface area contributed by atoms with Crippen molar-refractivity contribution in [3.8, 4) is 0 Å². The van der Waals surface area contributed by atoms with Crippen LogP contribution >= 0.6 is 0 Å². The minimum absolute atomic E-state index is 0.549. The number of hydrogen-bond donors (Lipinski definition) is 0. The molecule has 120 valence electrons. The molecule has 0 radical (unpaired) electrons. The van der Waals surface area contributed by atoms with Crippen LogP contribution in [0, 0.1) is 5.92 Å². The lowest BCUT2D eigenvalue weighted by molar-refractivity contribution is 0.00988. The Bertz CT molecular complexity index is 196. The summed E-state index contributed by atoms with van der Waals surface area (Å²) in [5, 5.41) is 0. The van der Waals surface area contributed by atoms with Crippen LogP contribution in [0.3, 0.4) is 0 Å². The molecule has 1 nitrogen and oxygen atoms in total. The van der Waals surface area contributed by atoms with Gasteiger partial charge in [0.15, 0.2) is 0 Å². The highest BCUT2D eigenvalue weighted by Crippen LogP contribution is 2.25. The molecule has 1 aliphatic carbocycles. The van der Waals surface area contributed by atoms with Gasteiger partial charge in [-0.15, -0.1) is 0 Å². The molecule has 0 aromatic carbocycles. The van der Waals surface area contributed by atoms with Crippen LogP contribution in [-0.4, -0.2) is 12.7 Å². The van der Waals surface area contributed by atoms with E-state index >= 15 is 0 Å². The van der Waals surface area contributed by atoms with Gasteiger partial charge in [0, 0.05) is 6.61 Å². The van der Waals surface area contributed by atoms with E-state index < -0.39 is 0 Å². The Hall–Kier alpha value is -0.0400. The first kappa shape index (κ1) is 18.0. The van der Waals surface area contributed by atoms with Crippen LogP contribution < -0.4 is 0 Å². The van der Waals surface area contributed by atoms with Gasteiger partial charge < -0.3 is 4.74 Å². The first-order valence-corrected chi connectivity index (χ1v) is 9.48. The normalized spacial score (nSPS) is 18.3. The van der Waals surface area contributed by atoms with Gasteiger partial charge in [-0.2, -0.15) is 0 Å². The predicted octanol–water partition coefficient (Wildman–Crippen LogP) is 6.50. The summed E-state index contributed by atoms with van der Waals surface area (Å²) in [6.07, 6.45) is 19.9. The number of rotatable bonds is 12. The molecule has 0 aromatic heterocycles. The largest absolute Gasteiger partial charge is 0.378 e. The van der Waals surface area contributed by atoms with Gasteiger partial charge in [-0.25, -0.2) is 0 Å². The average Bonchev–Trinajstić information content (AvgIpc) is 2.49. The summed E-state index contributed by atoms with van der Waals surface area (Å²) < 4.78 is 6.25. The first-order chi connectivity index (χ1) is 9.86. The van der Waals surface area contributed by atoms with Crippen molar-refractivity contribution in [1.82, 2.24) is 0 Å². The van der Waals surface area contributed by atoms with Crippen LogP contribution in [0.4, 0.5) is 0 Å². The minimum atomic E-state index is 0.549. The van der Waals surface area contributed by atoms with E-state index in [0.29, 0.717) is 6.10 Å². The lowest BCUT2D eigenvalue weighted by atomic mass is 9.90. The summed E-state index contributed by atoms with van der Waals surface area (Å²) in [5.74, 6) is 0.868. The zero-order valence-electron chi connectivity index (χ0n) is 14.2. The van der Waals surface area contributed by atoms with E-state index in [1.54, 1.807) is 0 Å². The zero-order valence-corrected chi connectivity index (χ0v) is 14.2. The molecule has 1 heteroatoms. The second-order valence-corrected chi connectivity index (χ2v) is 6.80. The molecule has 1 saturated carbocycles.